The normalized spacial score (nSPS) is 12.2. The summed E-state index contributed by atoms with van der Waals surface area (Å²) < 4.78 is 0. The van der Waals surface area contributed by atoms with Crippen LogP contribution in [0.15, 0.2) is 131 Å². The van der Waals surface area contributed by atoms with E-state index in [0.717, 1.165) is 9.79 Å². The standard InChI is InChI=1S/C38H22S2/c39-29-6-1-21-13-28-19-36-24(15-26(28)16-27(21)18-29)4-10-35-34(36)9-3-23-14-22-2-8-32-31-12-7-30(40)17-25(31)5-11-33(32)37(22)20-38(23)35/h1-20,39-40H. The molecule has 0 radical (unpaired) electrons. The van der Waals surface area contributed by atoms with Gasteiger partial charge in [-0.05, 0) is 147 Å². The second-order valence-corrected chi connectivity index (χ2v) is 12.0. The third kappa shape index (κ3) is 3.24. The molecular weight excluding hydrogens is 521 g/mol. The van der Waals surface area contributed by atoms with Crippen LogP contribution in [0.25, 0.3) is 86.2 Å². The predicted octanol–water partition coefficient (Wildman–Crippen LogP) is 11.5. The van der Waals surface area contributed by atoms with Gasteiger partial charge in [-0.3, -0.25) is 0 Å². The molecule has 9 aromatic carbocycles. The Morgan fingerprint density at radius 3 is 1.23 bits per heavy atom. The number of thiol groups is 2. The van der Waals surface area contributed by atoms with Crippen molar-refractivity contribution in [1.82, 2.24) is 0 Å². The minimum absolute atomic E-state index is 0.991. The summed E-state index contributed by atoms with van der Waals surface area (Å²) in [6, 6.07) is 45.0. The average Bonchev–Trinajstić information content (AvgIpc) is 2.97. The van der Waals surface area contributed by atoms with Gasteiger partial charge in [0, 0.05) is 9.79 Å². The molecule has 0 unspecified atom stereocenters. The summed E-state index contributed by atoms with van der Waals surface area (Å²) in [6.45, 7) is 0. The highest BCUT2D eigenvalue weighted by molar-refractivity contribution is 7.80. The van der Waals surface area contributed by atoms with Crippen LogP contribution in [0.2, 0.25) is 0 Å². The second-order valence-electron chi connectivity index (χ2n) is 11.0. The van der Waals surface area contributed by atoms with Gasteiger partial charge in [0.25, 0.3) is 0 Å². The van der Waals surface area contributed by atoms with Gasteiger partial charge in [-0.1, -0.05) is 60.7 Å². The first-order chi connectivity index (χ1) is 19.6. The summed E-state index contributed by atoms with van der Waals surface area (Å²) in [5.74, 6) is 0. The van der Waals surface area contributed by atoms with E-state index >= 15 is 0 Å². The monoisotopic (exact) mass is 542 g/mol. The fourth-order valence-corrected chi connectivity index (χ4v) is 7.15. The molecule has 186 valence electrons. The van der Waals surface area contributed by atoms with Gasteiger partial charge >= 0.3 is 0 Å². The van der Waals surface area contributed by atoms with Crippen molar-refractivity contribution >= 4 is 111 Å². The van der Waals surface area contributed by atoms with Crippen LogP contribution < -0.4 is 0 Å². The van der Waals surface area contributed by atoms with Crippen molar-refractivity contribution in [1.29, 1.82) is 0 Å². The van der Waals surface area contributed by atoms with E-state index in [1.807, 2.05) is 0 Å². The summed E-state index contributed by atoms with van der Waals surface area (Å²) >= 11 is 9.09. The van der Waals surface area contributed by atoms with E-state index in [0.29, 0.717) is 0 Å². The fraction of sp³-hybridized carbons (Fsp3) is 0. The van der Waals surface area contributed by atoms with Crippen LogP contribution in [0, 0.1) is 0 Å². The van der Waals surface area contributed by atoms with Crippen molar-refractivity contribution in [2.75, 3.05) is 0 Å². The molecule has 2 heteroatoms. The van der Waals surface area contributed by atoms with Crippen molar-refractivity contribution in [3.63, 3.8) is 0 Å². The van der Waals surface area contributed by atoms with E-state index in [1.165, 1.54) is 86.2 Å². The van der Waals surface area contributed by atoms with E-state index in [-0.39, 0.29) is 0 Å². The highest BCUT2D eigenvalue weighted by Crippen LogP contribution is 2.39. The van der Waals surface area contributed by atoms with E-state index in [4.69, 9.17) is 0 Å². The first kappa shape index (κ1) is 22.6. The lowest BCUT2D eigenvalue weighted by molar-refractivity contribution is 1.53. The topological polar surface area (TPSA) is 0 Å². The molecule has 0 N–H and O–H groups in total. The Morgan fingerprint density at radius 2 is 0.575 bits per heavy atom. The van der Waals surface area contributed by atoms with E-state index in [1.54, 1.807) is 0 Å². The Morgan fingerprint density at radius 1 is 0.225 bits per heavy atom. The Hall–Kier alpha value is -4.24. The summed E-state index contributed by atoms with van der Waals surface area (Å²) in [6.07, 6.45) is 0. The van der Waals surface area contributed by atoms with Gasteiger partial charge in [-0.25, -0.2) is 0 Å². The van der Waals surface area contributed by atoms with Crippen molar-refractivity contribution in [3.05, 3.63) is 121 Å². The number of rotatable bonds is 0. The van der Waals surface area contributed by atoms with Crippen LogP contribution in [0.5, 0.6) is 0 Å². The van der Waals surface area contributed by atoms with Gasteiger partial charge < -0.3 is 0 Å². The SMILES string of the molecule is Sc1ccc2cc3cc4c(ccc5c6cc7c(ccc8c9ccc(S)cc9ccc78)cc6ccc45)cc3cc2c1. The van der Waals surface area contributed by atoms with Gasteiger partial charge in [0.15, 0.2) is 0 Å². The van der Waals surface area contributed by atoms with Crippen LogP contribution in [0.3, 0.4) is 0 Å². The quantitative estimate of drug-likeness (QED) is 0.106. The number of benzene rings is 9. The molecule has 0 amide bonds. The first-order valence-corrected chi connectivity index (χ1v) is 14.4. The van der Waals surface area contributed by atoms with Crippen molar-refractivity contribution < 1.29 is 0 Å². The third-order valence-electron chi connectivity index (χ3n) is 8.66. The predicted molar refractivity (Wildman–Crippen MR) is 181 cm³/mol. The zero-order valence-electron chi connectivity index (χ0n) is 21.4. The Balaban J connectivity index is 1.35. The Bertz CT molecular complexity index is 2560. The first-order valence-electron chi connectivity index (χ1n) is 13.5. The lowest BCUT2D eigenvalue weighted by Crippen LogP contribution is -1.85. The number of hydrogen-bond acceptors (Lipinski definition) is 2. The number of fused-ring (bicyclic) bond motifs is 12. The second kappa shape index (κ2) is 8.14. The molecular formula is C38H22S2. The molecule has 9 aromatic rings. The molecule has 0 heterocycles. The van der Waals surface area contributed by atoms with Crippen molar-refractivity contribution in [2.45, 2.75) is 9.79 Å². The molecule has 0 aliphatic carbocycles. The van der Waals surface area contributed by atoms with Crippen LogP contribution >= 0.6 is 25.3 Å². The minimum Gasteiger partial charge on any atom is -0.143 e. The Kier molecular flexibility index (Phi) is 4.59. The van der Waals surface area contributed by atoms with Crippen molar-refractivity contribution in [2.24, 2.45) is 0 Å². The minimum atomic E-state index is 0.991. The average molecular weight is 543 g/mol. The maximum absolute atomic E-state index is 4.55. The van der Waals surface area contributed by atoms with Crippen LogP contribution in [-0.4, -0.2) is 0 Å². The molecule has 0 saturated heterocycles. The number of hydrogen-bond donors (Lipinski definition) is 2. The molecule has 0 atom stereocenters. The molecule has 0 aliphatic rings. The van der Waals surface area contributed by atoms with Gasteiger partial charge in [-0.15, -0.1) is 25.3 Å². The summed E-state index contributed by atoms with van der Waals surface area (Å²) in [4.78, 5) is 1.98. The highest BCUT2D eigenvalue weighted by atomic mass is 32.1. The zero-order valence-corrected chi connectivity index (χ0v) is 23.2. The Labute approximate surface area is 241 Å². The van der Waals surface area contributed by atoms with Gasteiger partial charge in [0.05, 0.1) is 0 Å². The van der Waals surface area contributed by atoms with Gasteiger partial charge in [0.2, 0.25) is 0 Å². The molecule has 0 nitrogen and oxygen atoms in total. The van der Waals surface area contributed by atoms with Crippen LogP contribution in [0.1, 0.15) is 0 Å². The molecule has 9 rings (SSSR count). The van der Waals surface area contributed by atoms with Crippen LogP contribution in [-0.2, 0) is 0 Å². The molecule has 0 bridgehead atoms. The van der Waals surface area contributed by atoms with Crippen molar-refractivity contribution in [3.8, 4) is 0 Å². The molecule has 0 aliphatic heterocycles. The smallest absolute Gasteiger partial charge is 0.00463 e. The molecule has 0 saturated carbocycles. The lowest BCUT2D eigenvalue weighted by atomic mass is 9.91. The van der Waals surface area contributed by atoms with E-state index in [2.05, 4.69) is 147 Å². The summed E-state index contributed by atoms with van der Waals surface area (Å²) in [5.41, 5.74) is 0. The van der Waals surface area contributed by atoms with E-state index in [9.17, 15) is 0 Å². The fourth-order valence-electron chi connectivity index (χ4n) is 6.73. The maximum Gasteiger partial charge on any atom is 0.00463 e. The van der Waals surface area contributed by atoms with E-state index < -0.39 is 0 Å². The molecule has 40 heavy (non-hydrogen) atoms. The van der Waals surface area contributed by atoms with Gasteiger partial charge in [0.1, 0.15) is 0 Å². The third-order valence-corrected chi connectivity index (χ3v) is 9.22. The maximum atomic E-state index is 4.55. The molecule has 0 spiro atoms. The zero-order chi connectivity index (χ0) is 26.5. The summed E-state index contributed by atoms with van der Waals surface area (Å²) in [5, 5.41) is 20.3. The largest absolute Gasteiger partial charge is 0.143 e. The van der Waals surface area contributed by atoms with Gasteiger partial charge in [-0.2, -0.15) is 0 Å². The van der Waals surface area contributed by atoms with Crippen LogP contribution in [0.4, 0.5) is 0 Å². The highest BCUT2D eigenvalue weighted by Gasteiger charge is 2.11. The lowest BCUT2D eigenvalue weighted by Gasteiger charge is -2.13. The molecule has 0 aromatic heterocycles. The molecule has 0 fully saturated rings. The summed E-state index contributed by atoms with van der Waals surface area (Å²) in [7, 11) is 0.